The topological polar surface area (TPSA) is 4.93 Å². The van der Waals surface area contributed by atoms with Crippen LogP contribution in [-0.4, -0.2) is 12.6 Å². The van der Waals surface area contributed by atoms with E-state index in [0.717, 1.165) is 6.42 Å². The van der Waals surface area contributed by atoms with Crippen LogP contribution in [0.1, 0.15) is 31.4 Å². The molecule has 0 aliphatic heterocycles. The summed E-state index contributed by atoms with van der Waals surface area (Å²) in [7, 11) is -2.78. The first kappa shape index (κ1) is 31.7. The van der Waals surface area contributed by atoms with Crippen LogP contribution in [-0.2, 0) is 5.41 Å². The summed E-state index contributed by atoms with van der Waals surface area (Å²) in [6.45, 7) is 4.73. The molecule has 1 aromatic heterocycles. The highest BCUT2D eigenvalue weighted by Gasteiger charge is 2.47. The monoisotopic (exact) mass is 695 g/mol. The first-order valence-corrected chi connectivity index (χ1v) is 21.0. The highest BCUT2D eigenvalue weighted by Crippen LogP contribution is 2.49. The molecule has 8 aromatic rings. The zero-order chi connectivity index (χ0) is 35.6. The fraction of sp³-hybridized carbons (Fsp3) is 0.0980. The number of para-hydroxylation sites is 3. The van der Waals surface area contributed by atoms with Crippen molar-refractivity contribution in [2.45, 2.75) is 31.2 Å². The lowest BCUT2D eigenvalue weighted by Gasteiger charge is -2.40. The van der Waals surface area contributed by atoms with Crippen molar-refractivity contribution >= 4 is 45.4 Å². The van der Waals surface area contributed by atoms with E-state index in [1.165, 1.54) is 76.4 Å². The Morgan fingerprint density at radius 2 is 1.21 bits per heavy atom. The van der Waals surface area contributed by atoms with Crippen LogP contribution < -0.4 is 15.6 Å². The molecule has 0 saturated carbocycles. The van der Waals surface area contributed by atoms with E-state index >= 15 is 0 Å². The van der Waals surface area contributed by atoms with Crippen molar-refractivity contribution in [2.75, 3.05) is 0 Å². The first-order chi connectivity index (χ1) is 26.1. The number of fused-ring (bicyclic) bond motifs is 6. The van der Waals surface area contributed by atoms with Gasteiger partial charge in [-0.1, -0.05) is 184 Å². The largest absolute Gasteiger partial charge is 0.309 e. The van der Waals surface area contributed by atoms with Crippen LogP contribution in [0.2, 0.25) is 5.54 Å². The lowest BCUT2D eigenvalue weighted by molar-refractivity contribution is 0.660. The zero-order valence-corrected chi connectivity index (χ0v) is 31.2. The van der Waals surface area contributed by atoms with Gasteiger partial charge in [-0.05, 0) is 85.2 Å². The average Bonchev–Trinajstić information content (AvgIpc) is 3.68. The molecule has 1 nitrogen and oxygen atoms in total. The van der Waals surface area contributed by atoms with Gasteiger partial charge in [0.15, 0.2) is 8.07 Å². The second-order valence-electron chi connectivity index (χ2n) is 15.2. The number of benzene rings is 7. The predicted octanol–water partition coefficient (Wildman–Crippen LogP) is 11.1. The SMILES string of the molecule is CC1(C)c2ccccc2-c2ccc(-c3ccc([Si](c4ccccc4)(c4cccc5c6ccccc6n(-c6ccccc6)c45)C4C=CC=CC4)cc3)cc21. The van der Waals surface area contributed by atoms with Gasteiger partial charge in [-0.15, -0.1) is 0 Å². The van der Waals surface area contributed by atoms with E-state index in [1.807, 2.05) is 0 Å². The molecule has 0 spiro atoms. The second kappa shape index (κ2) is 12.3. The van der Waals surface area contributed by atoms with E-state index in [0.29, 0.717) is 5.54 Å². The molecule has 53 heavy (non-hydrogen) atoms. The fourth-order valence-corrected chi connectivity index (χ4v) is 15.2. The molecule has 2 unspecified atom stereocenters. The van der Waals surface area contributed by atoms with Gasteiger partial charge in [0, 0.05) is 21.9 Å². The average molecular weight is 696 g/mol. The summed E-state index contributed by atoms with van der Waals surface area (Å²) in [5, 5.41) is 6.93. The van der Waals surface area contributed by atoms with Crippen LogP contribution >= 0.6 is 0 Å². The highest BCUT2D eigenvalue weighted by molar-refractivity contribution is 7.13. The van der Waals surface area contributed by atoms with Crippen LogP contribution in [0.25, 0.3) is 49.7 Å². The lowest BCUT2D eigenvalue weighted by Crippen LogP contribution is -2.70. The molecule has 2 aliphatic carbocycles. The Bertz CT molecular complexity index is 2710. The number of hydrogen-bond donors (Lipinski definition) is 0. The third kappa shape index (κ3) is 4.75. The molecular weight excluding hydrogens is 655 g/mol. The summed E-state index contributed by atoms with van der Waals surface area (Å²) in [4.78, 5) is 0. The summed E-state index contributed by atoms with van der Waals surface area (Å²) in [5.41, 5.74) is 12.1. The van der Waals surface area contributed by atoms with Crippen molar-refractivity contribution in [1.29, 1.82) is 0 Å². The van der Waals surface area contributed by atoms with Gasteiger partial charge in [0.2, 0.25) is 0 Å². The molecule has 2 aliphatic rings. The van der Waals surface area contributed by atoms with Crippen LogP contribution in [0.5, 0.6) is 0 Å². The molecule has 0 radical (unpaired) electrons. The lowest BCUT2D eigenvalue weighted by atomic mass is 9.81. The molecule has 0 bridgehead atoms. The normalized spacial score (nSPS) is 16.8. The van der Waals surface area contributed by atoms with Gasteiger partial charge in [-0.2, -0.15) is 0 Å². The molecule has 1 heterocycles. The summed E-state index contributed by atoms with van der Waals surface area (Å²) in [6.07, 6.45) is 10.4. The van der Waals surface area contributed by atoms with Crippen molar-refractivity contribution in [3.63, 3.8) is 0 Å². The van der Waals surface area contributed by atoms with Crippen LogP contribution in [0.3, 0.4) is 0 Å². The summed E-state index contributed by atoms with van der Waals surface area (Å²) >= 11 is 0. The van der Waals surface area contributed by atoms with Crippen LogP contribution in [0.15, 0.2) is 194 Å². The quantitative estimate of drug-likeness (QED) is 0.121. The van der Waals surface area contributed by atoms with Gasteiger partial charge in [-0.3, -0.25) is 0 Å². The molecule has 7 aromatic carbocycles. The Labute approximate surface area is 313 Å². The van der Waals surface area contributed by atoms with Crippen molar-refractivity contribution < 1.29 is 0 Å². The van der Waals surface area contributed by atoms with Crippen LogP contribution in [0, 0.1) is 0 Å². The molecule has 0 N–H and O–H groups in total. The smallest absolute Gasteiger partial charge is 0.157 e. The van der Waals surface area contributed by atoms with Gasteiger partial charge >= 0.3 is 0 Å². The number of hydrogen-bond acceptors (Lipinski definition) is 0. The third-order valence-corrected chi connectivity index (χ3v) is 17.4. The molecular formula is C51H41NSi. The van der Waals surface area contributed by atoms with Gasteiger partial charge in [-0.25, -0.2) is 0 Å². The molecule has 2 heteroatoms. The molecule has 10 rings (SSSR count). The molecule has 0 saturated heterocycles. The summed E-state index contributed by atoms with van der Waals surface area (Å²) in [6, 6.07) is 64.2. The van der Waals surface area contributed by atoms with Crippen molar-refractivity contribution in [1.82, 2.24) is 4.57 Å². The fourth-order valence-electron chi connectivity index (χ4n) is 9.70. The van der Waals surface area contributed by atoms with Gasteiger partial charge < -0.3 is 4.57 Å². The minimum atomic E-state index is -2.78. The first-order valence-electron chi connectivity index (χ1n) is 18.9. The Morgan fingerprint density at radius 1 is 0.547 bits per heavy atom. The van der Waals surface area contributed by atoms with Gasteiger partial charge in [0.1, 0.15) is 0 Å². The van der Waals surface area contributed by atoms with Gasteiger partial charge in [0.25, 0.3) is 0 Å². The highest BCUT2D eigenvalue weighted by atomic mass is 28.3. The Hall–Kier alpha value is -5.96. The molecule has 254 valence electrons. The van der Waals surface area contributed by atoms with E-state index in [9.17, 15) is 0 Å². The van der Waals surface area contributed by atoms with Crippen molar-refractivity contribution in [3.8, 4) is 27.9 Å². The minimum absolute atomic E-state index is 0.0337. The third-order valence-electron chi connectivity index (χ3n) is 12.2. The van der Waals surface area contributed by atoms with E-state index in [4.69, 9.17) is 0 Å². The molecule has 0 fully saturated rings. The molecule has 2 atom stereocenters. The maximum absolute atomic E-state index is 2.78. The van der Waals surface area contributed by atoms with E-state index < -0.39 is 8.07 Å². The molecule has 0 amide bonds. The summed E-state index contributed by atoms with van der Waals surface area (Å²) in [5.74, 6) is 0. The second-order valence-corrected chi connectivity index (χ2v) is 19.3. The van der Waals surface area contributed by atoms with Crippen molar-refractivity contribution in [2.24, 2.45) is 0 Å². The predicted molar refractivity (Wildman–Crippen MR) is 228 cm³/mol. The number of rotatable bonds is 6. The number of allylic oxidation sites excluding steroid dienone is 4. The standard InChI is InChI=1S/C51H41NSi/c1-51(2)46-26-14-12-23-42(46)43-34-31-37(35-47(43)51)36-29-32-41(33-30-36)53(39-19-8-4-9-20-39,40-21-10-5-11-22-40)49-28-16-25-45-44-24-13-15-27-48(44)52(50(45)49)38-17-6-3-7-18-38/h3-21,23-35,40H,22H2,1-2H3. The van der Waals surface area contributed by atoms with E-state index in [2.05, 4.69) is 213 Å². The Morgan fingerprint density at radius 3 is 2.00 bits per heavy atom. The summed E-state index contributed by atoms with van der Waals surface area (Å²) < 4.78 is 2.53. The van der Waals surface area contributed by atoms with E-state index in [-0.39, 0.29) is 5.41 Å². The van der Waals surface area contributed by atoms with Gasteiger partial charge in [0.05, 0.1) is 11.0 Å². The number of aromatic nitrogens is 1. The number of nitrogens with zero attached hydrogens (tertiary/aromatic N) is 1. The van der Waals surface area contributed by atoms with Crippen LogP contribution in [0.4, 0.5) is 0 Å². The van der Waals surface area contributed by atoms with E-state index in [1.54, 1.807) is 0 Å². The zero-order valence-electron chi connectivity index (χ0n) is 30.2. The van der Waals surface area contributed by atoms with Crippen molar-refractivity contribution in [3.05, 3.63) is 205 Å². The minimum Gasteiger partial charge on any atom is -0.309 e. The Kier molecular flexibility index (Phi) is 7.38. The Balaban J connectivity index is 1.23. The maximum Gasteiger partial charge on any atom is 0.157 e. The maximum atomic E-state index is 2.53.